The zero-order chi connectivity index (χ0) is 26.0. The molecule has 4 rings (SSSR count). The number of alkyl halides is 1. The monoisotopic (exact) mass is 503 g/mol. The summed E-state index contributed by atoms with van der Waals surface area (Å²) in [6.45, 7) is 5.46. The number of ether oxygens (including phenoxy) is 2. The Morgan fingerprint density at radius 1 is 1.28 bits per heavy atom. The normalized spacial score (nSPS) is 17.9. The molecule has 1 aromatic carbocycles. The topological polar surface area (TPSA) is 118 Å². The number of amides is 1. The Hall–Kier alpha value is -3.96. The number of carboxylic acid groups (broad SMARTS) is 1. The average molecular weight is 504 g/mol. The predicted molar refractivity (Wildman–Crippen MR) is 126 cm³/mol. The van der Waals surface area contributed by atoms with Crippen LogP contribution < -0.4 is 15.0 Å². The number of hydrogen-bond acceptors (Lipinski definition) is 7. The minimum atomic E-state index is -1.22. The van der Waals surface area contributed by atoms with Crippen molar-refractivity contribution < 1.29 is 33.0 Å². The Morgan fingerprint density at radius 2 is 2.06 bits per heavy atom. The summed E-state index contributed by atoms with van der Waals surface area (Å²) in [5.74, 6) is -1.03. The number of alkyl carbamates (subject to hydrolysis) is 1. The van der Waals surface area contributed by atoms with Crippen molar-refractivity contribution in [3.63, 3.8) is 0 Å². The van der Waals surface area contributed by atoms with Crippen LogP contribution in [0.2, 0.25) is 0 Å². The van der Waals surface area contributed by atoms with Crippen molar-refractivity contribution in [1.29, 1.82) is 0 Å². The number of benzene rings is 1. The average Bonchev–Trinajstić information content (AvgIpc) is 3.39. The zero-order valence-corrected chi connectivity index (χ0v) is 20.1. The van der Waals surface area contributed by atoms with Crippen LogP contribution in [0.5, 0.6) is 5.75 Å². The summed E-state index contributed by atoms with van der Waals surface area (Å²) < 4.78 is 41.2. The van der Waals surface area contributed by atoms with E-state index in [-0.39, 0.29) is 37.3 Å². The summed E-state index contributed by atoms with van der Waals surface area (Å²) in [7, 11) is 0. The van der Waals surface area contributed by atoms with Crippen molar-refractivity contribution in [2.24, 2.45) is 0 Å². The van der Waals surface area contributed by atoms with Gasteiger partial charge in [0.2, 0.25) is 0 Å². The second-order valence-corrected chi connectivity index (χ2v) is 9.38. The zero-order valence-electron chi connectivity index (χ0n) is 20.1. The molecule has 1 saturated heterocycles. The fraction of sp³-hybridized carbons (Fsp3) is 0.417. The number of hydrogen-bond donors (Lipinski definition) is 2. The van der Waals surface area contributed by atoms with Crippen LogP contribution in [0.1, 0.15) is 49.2 Å². The summed E-state index contributed by atoms with van der Waals surface area (Å²) in [5.41, 5.74) is -0.189. The van der Waals surface area contributed by atoms with E-state index in [4.69, 9.17) is 9.47 Å². The summed E-state index contributed by atoms with van der Waals surface area (Å²) in [4.78, 5) is 29.4. The third kappa shape index (κ3) is 5.64. The number of carboxylic acids is 1. The number of nitrogens with zero attached hydrogens (tertiary/aromatic N) is 4. The van der Waals surface area contributed by atoms with Crippen LogP contribution in [0.3, 0.4) is 0 Å². The van der Waals surface area contributed by atoms with Gasteiger partial charge in [-0.15, -0.1) is 0 Å². The van der Waals surface area contributed by atoms with Gasteiger partial charge in [-0.2, -0.15) is 5.10 Å². The maximum absolute atomic E-state index is 14.6. The number of aromatic carboxylic acids is 1. The minimum absolute atomic E-state index is 0.0134. The minimum Gasteiger partial charge on any atom is -0.491 e. The number of anilines is 1. The van der Waals surface area contributed by atoms with Crippen molar-refractivity contribution >= 4 is 23.5 Å². The Morgan fingerprint density at radius 3 is 2.78 bits per heavy atom. The molecule has 3 heterocycles. The highest BCUT2D eigenvalue weighted by Gasteiger charge is 2.36. The number of carbonyl (C=O) groups excluding carboxylic acids is 1. The molecule has 1 aliphatic heterocycles. The molecule has 36 heavy (non-hydrogen) atoms. The van der Waals surface area contributed by atoms with E-state index in [0.29, 0.717) is 17.1 Å². The lowest BCUT2D eigenvalue weighted by molar-refractivity contribution is 0.0519. The van der Waals surface area contributed by atoms with E-state index < -0.39 is 35.7 Å². The number of carbonyl (C=O) groups is 2. The molecule has 2 aromatic heterocycles. The first-order valence-electron chi connectivity index (χ1n) is 11.4. The quantitative estimate of drug-likeness (QED) is 0.468. The summed E-state index contributed by atoms with van der Waals surface area (Å²) in [6, 6.07) is 4.96. The third-order valence-corrected chi connectivity index (χ3v) is 5.49. The van der Waals surface area contributed by atoms with E-state index in [2.05, 4.69) is 15.4 Å². The van der Waals surface area contributed by atoms with Crippen LogP contribution in [0, 0.1) is 5.82 Å². The molecule has 1 aliphatic rings. The molecule has 3 aromatic rings. The maximum atomic E-state index is 14.6. The van der Waals surface area contributed by atoms with E-state index >= 15 is 0 Å². The van der Waals surface area contributed by atoms with Gasteiger partial charge in [-0.1, -0.05) is 0 Å². The molecule has 192 valence electrons. The smallest absolute Gasteiger partial charge is 0.407 e. The van der Waals surface area contributed by atoms with Crippen LogP contribution in [-0.4, -0.2) is 63.2 Å². The molecule has 10 nitrogen and oxygen atoms in total. The molecule has 0 spiro atoms. The van der Waals surface area contributed by atoms with Crippen molar-refractivity contribution in [1.82, 2.24) is 19.9 Å². The van der Waals surface area contributed by atoms with Gasteiger partial charge in [0.1, 0.15) is 41.3 Å². The fourth-order valence-corrected chi connectivity index (χ4v) is 4.04. The van der Waals surface area contributed by atoms with Crippen molar-refractivity contribution in [3.8, 4) is 5.75 Å². The highest BCUT2D eigenvalue weighted by atomic mass is 19.1. The first-order valence-corrected chi connectivity index (χ1v) is 11.4. The molecule has 0 bridgehead atoms. The predicted octanol–water partition coefficient (Wildman–Crippen LogP) is 3.76. The van der Waals surface area contributed by atoms with Gasteiger partial charge in [0.25, 0.3) is 0 Å². The van der Waals surface area contributed by atoms with Gasteiger partial charge < -0.3 is 24.8 Å². The molecule has 2 atom stereocenters. The number of nitrogens with one attached hydrogen (secondary N) is 1. The van der Waals surface area contributed by atoms with E-state index in [9.17, 15) is 23.5 Å². The van der Waals surface area contributed by atoms with Gasteiger partial charge in [-0.3, -0.25) is 0 Å². The molecule has 0 unspecified atom stereocenters. The molecule has 1 amide bonds. The number of halogens is 2. The highest BCUT2D eigenvalue weighted by molar-refractivity contribution is 5.94. The van der Waals surface area contributed by atoms with Gasteiger partial charge in [0.15, 0.2) is 5.65 Å². The van der Waals surface area contributed by atoms with E-state index in [1.165, 1.54) is 35.1 Å². The second-order valence-electron chi connectivity index (χ2n) is 9.38. The van der Waals surface area contributed by atoms with Gasteiger partial charge in [-0.25, -0.2) is 27.9 Å². The lowest BCUT2D eigenvalue weighted by Crippen LogP contribution is -2.34. The van der Waals surface area contributed by atoms with Gasteiger partial charge in [-0.05, 0) is 45.0 Å². The Balaban J connectivity index is 1.55. The van der Waals surface area contributed by atoms with Gasteiger partial charge >= 0.3 is 12.1 Å². The van der Waals surface area contributed by atoms with Crippen LogP contribution >= 0.6 is 0 Å². The molecular weight excluding hydrogens is 476 g/mol. The van der Waals surface area contributed by atoms with Crippen LogP contribution in [-0.2, 0) is 4.74 Å². The molecule has 0 aliphatic carbocycles. The first kappa shape index (κ1) is 25.1. The fourth-order valence-electron chi connectivity index (χ4n) is 4.04. The summed E-state index contributed by atoms with van der Waals surface area (Å²) in [6.07, 6.45) is 0.987. The maximum Gasteiger partial charge on any atom is 0.407 e. The Kier molecular flexibility index (Phi) is 6.95. The van der Waals surface area contributed by atoms with E-state index in [0.717, 1.165) is 0 Å². The lowest BCUT2D eigenvalue weighted by atomic mass is 10.0. The SMILES string of the molecule is CC(C)(C)OC(=O)NCCOc1ccc(F)cc1[C@H]1C[C@H](F)CN1c1ccn2ncc(C(=O)O)c2n1. The van der Waals surface area contributed by atoms with E-state index in [1.807, 2.05) is 0 Å². The van der Waals surface area contributed by atoms with E-state index in [1.54, 1.807) is 31.7 Å². The van der Waals surface area contributed by atoms with Crippen LogP contribution in [0.25, 0.3) is 5.65 Å². The number of fused-ring (bicyclic) bond motifs is 1. The molecule has 2 N–H and O–H groups in total. The Labute approximate surface area is 205 Å². The lowest BCUT2D eigenvalue weighted by Gasteiger charge is -2.27. The summed E-state index contributed by atoms with van der Waals surface area (Å²) in [5, 5.41) is 16.0. The molecule has 0 saturated carbocycles. The van der Waals surface area contributed by atoms with Crippen molar-refractivity contribution in [3.05, 3.63) is 53.6 Å². The van der Waals surface area contributed by atoms with Crippen molar-refractivity contribution in [2.75, 3.05) is 24.6 Å². The van der Waals surface area contributed by atoms with Crippen LogP contribution in [0.15, 0.2) is 36.7 Å². The molecule has 12 heteroatoms. The molecule has 1 fully saturated rings. The summed E-state index contributed by atoms with van der Waals surface area (Å²) >= 11 is 0. The Bertz CT molecular complexity index is 1280. The van der Waals surface area contributed by atoms with Gasteiger partial charge in [0, 0.05) is 18.2 Å². The first-order chi connectivity index (χ1) is 17.0. The van der Waals surface area contributed by atoms with Crippen molar-refractivity contribution in [2.45, 2.75) is 45.0 Å². The van der Waals surface area contributed by atoms with Gasteiger partial charge in [0.05, 0.1) is 25.3 Å². The largest absolute Gasteiger partial charge is 0.491 e. The number of rotatable bonds is 7. The third-order valence-electron chi connectivity index (χ3n) is 5.49. The molecule has 0 radical (unpaired) electrons. The molecular formula is C24H27F2N5O5. The number of aromatic nitrogens is 3. The standard InChI is InChI=1S/C24H27F2N5O5/c1-24(2,3)36-23(34)27-7-9-35-19-5-4-14(25)10-16(19)18-11-15(26)13-30(18)20-6-8-31-21(29-20)17(12-28-31)22(32)33/h4-6,8,10,12,15,18H,7,9,11,13H2,1-3H3,(H,27,34)(H,32,33)/t15-,18+/m0/s1. The second kappa shape index (κ2) is 9.96. The van der Waals surface area contributed by atoms with Crippen LogP contribution in [0.4, 0.5) is 19.4 Å². The highest BCUT2D eigenvalue weighted by Crippen LogP contribution is 2.41.